The van der Waals surface area contributed by atoms with Crippen molar-refractivity contribution >= 4 is 11.6 Å². The minimum absolute atomic E-state index is 0.0581. The average Bonchev–Trinajstić information content (AvgIpc) is 2.16. The fourth-order valence-electron chi connectivity index (χ4n) is 1.16. The minimum atomic E-state index is -0.251. The summed E-state index contributed by atoms with van der Waals surface area (Å²) in [5, 5.41) is 9.64. The molecular weight excluding hydrogens is 186 g/mol. The highest BCUT2D eigenvalue weighted by molar-refractivity contribution is 6.30. The van der Waals surface area contributed by atoms with E-state index in [1.165, 1.54) is 0 Å². The van der Waals surface area contributed by atoms with Gasteiger partial charge in [-0.3, -0.25) is 0 Å². The SMILES string of the molecule is C=C[C@@H](N)c1ccc(Cl)cc1CO. The van der Waals surface area contributed by atoms with Gasteiger partial charge in [0.15, 0.2) is 0 Å². The van der Waals surface area contributed by atoms with Gasteiger partial charge in [0.25, 0.3) is 0 Å². The molecule has 13 heavy (non-hydrogen) atoms. The first-order valence-electron chi connectivity index (χ1n) is 3.96. The van der Waals surface area contributed by atoms with Crippen molar-refractivity contribution in [1.29, 1.82) is 0 Å². The second-order valence-corrected chi connectivity index (χ2v) is 3.20. The highest BCUT2D eigenvalue weighted by atomic mass is 35.5. The predicted octanol–water partition coefficient (Wildman–Crippen LogP) is 2.02. The fraction of sp³-hybridized carbons (Fsp3) is 0.200. The summed E-state index contributed by atoms with van der Waals surface area (Å²) in [6.07, 6.45) is 1.63. The zero-order valence-corrected chi connectivity index (χ0v) is 7.96. The Balaban J connectivity index is 3.12. The standard InChI is InChI=1S/C10H12ClNO/c1-2-10(12)9-4-3-8(11)5-7(9)6-13/h2-5,10,13H,1,6,12H2/t10-/m1/s1. The Kier molecular flexibility index (Phi) is 3.48. The summed E-state index contributed by atoms with van der Waals surface area (Å²) in [6, 6.07) is 5.01. The predicted molar refractivity (Wildman–Crippen MR) is 54.5 cm³/mol. The van der Waals surface area contributed by atoms with Gasteiger partial charge in [-0.2, -0.15) is 0 Å². The summed E-state index contributed by atoms with van der Waals surface area (Å²) < 4.78 is 0. The van der Waals surface area contributed by atoms with Crippen LogP contribution in [0.3, 0.4) is 0 Å². The van der Waals surface area contributed by atoms with Crippen LogP contribution in [0.25, 0.3) is 0 Å². The van der Waals surface area contributed by atoms with Crippen molar-refractivity contribution in [3.8, 4) is 0 Å². The molecule has 1 aromatic carbocycles. The lowest BCUT2D eigenvalue weighted by atomic mass is 10.0. The molecular formula is C10H12ClNO. The molecule has 0 radical (unpaired) electrons. The first-order chi connectivity index (χ1) is 6.19. The van der Waals surface area contributed by atoms with Gasteiger partial charge in [0, 0.05) is 11.1 Å². The molecule has 3 N–H and O–H groups in total. The molecule has 0 aromatic heterocycles. The highest BCUT2D eigenvalue weighted by Crippen LogP contribution is 2.21. The van der Waals surface area contributed by atoms with Crippen molar-refractivity contribution in [2.45, 2.75) is 12.6 Å². The highest BCUT2D eigenvalue weighted by Gasteiger charge is 2.07. The van der Waals surface area contributed by atoms with Crippen LogP contribution in [-0.2, 0) is 6.61 Å². The molecule has 1 atom stereocenters. The van der Waals surface area contributed by atoms with Crippen LogP contribution in [0.4, 0.5) is 0 Å². The zero-order chi connectivity index (χ0) is 9.84. The number of aliphatic hydroxyl groups excluding tert-OH is 1. The molecule has 3 heteroatoms. The number of hydrogen-bond acceptors (Lipinski definition) is 2. The van der Waals surface area contributed by atoms with E-state index in [0.29, 0.717) is 5.02 Å². The van der Waals surface area contributed by atoms with E-state index in [1.54, 1.807) is 24.3 Å². The van der Waals surface area contributed by atoms with Crippen molar-refractivity contribution in [3.05, 3.63) is 47.0 Å². The Labute approximate surface area is 82.6 Å². The summed E-state index contributed by atoms with van der Waals surface area (Å²) in [5.41, 5.74) is 7.36. The minimum Gasteiger partial charge on any atom is -0.392 e. The Morgan fingerprint density at radius 3 is 2.85 bits per heavy atom. The summed E-state index contributed by atoms with van der Waals surface area (Å²) in [5.74, 6) is 0. The number of rotatable bonds is 3. The van der Waals surface area contributed by atoms with Gasteiger partial charge < -0.3 is 10.8 Å². The second kappa shape index (κ2) is 4.42. The molecule has 0 heterocycles. The Bertz CT molecular complexity index is 312. The lowest BCUT2D eigenvalue weighted by Gasteiger charge is -2.11. The summed E-state index contributed by atoms with van der Waals surface area (Å²) in [6.45, 7) is 3.54. The first-order valence-corrected chi connectivity index (χ1v) is 4.34. The van der Waals surface area contributed by atoms with Gasteiger partial charge in [-0.15, -0.1) is 6.58 Å². The zero-order valence-electron chi connectivity index (χ0n) is 7.20. The molecule has 0 saturated carbocycles. The number of halogens is 1. The Hall–Kier alpha value is -0.830. The topological polar surface area (TPSA) is 46.2 Å². The Morgan fingerprint density at radius 1 is 1.62 bits per heavy atom. The van der Waals surface area contributed by atoms with E-state index in [-0.39, 0.29) is 12.6 Å². The number of benzene rings is 1. The van der Waals surface area contributed by atoms with Crippen LogP contribution >= 0.6 is 11.6 Å². The smallest absolute Gasteiger partial charge is 0.0685 e. The molecule has 0 aliphatic carbocycles. The molecule has 0 spiro atoms. The maximum Gasteiger partial charge on any atom is 0.0685 e. The van der Waals surface area contributed by atoms with Gasteiger partial charge >= 0.3 is 0 Å². The van der Waals surface area contributed by atoms with Gasteiger partial charge in [0.1, 0.15) is 0 Å². The van der Waals surface area contributed by atoms with Crippen LogP contribution in [0.1, 0.15) is 17.2 Å². The number of hydrogen-bond donors (Lipinski definition) is 2. The molecule has 2 nitrogen and oxygen atoms in total. The van der Waals surface area contributed by atoms with Gasteiger partial charge in [-0.1, -0.05) is 23.7 Å². The van der Waals surface area contributed by atoms with Crippen molar-refractivity contribution in [3.63, 3.8) is 0 Å². The van der Waals surface area contributed by atoms with Crippen LogP contribution < -0.4 is 5.73 Å². The fourth-order valence-corrected chi connectivity index (χ4v) is 1.36. The lowest BCUT2D eigenvalue weighted by Crippen LogP contribution is -2.09. The third-order valence-electron chi connectivity index (χ3n) is 1.89. The molecule has 0 aliphatic heterocycles. The van der Waals surface area contributed by atoms with Crippen LogP contribution in [0.5, 0.6) is 0 Å². The van der Waals surface area contributed by atoms with E-state index < -0.39 is 0 Å². The van der Waals surface area contributed by atoms with Gasteiger partial charge in [0.05, 0.1) is 6.61 Å². The van der Waals surface area contributed by atoms with Crippen molar-refractivity contribution in [2.75, 3.05) is 0 Å². The first kappa shape index (κ1) is 10.3. The molecule has 0 bridgehead atoms. The van der Waals surface area contributed by atoms with Crippen molar-refractivity contribution in [1.82, 2.24) is 0 Å². The van der Waals surface area contributed by atoms with E-state index in [9.17, 15) is 0 Å². The summed E-state index contributed by atoms with van der Waals surface area (Å²) >= 11 is 5.77. The third kappa shape index (κ3) is 2.31. The second-order valence-electron chi connectivity index (χ2n) is 2.76. The molecule has 0 unspecified atom stereocenters. The largest absolute Gasteiger partial charge is 0.392 e. The summed E-state index contributed by atoms with van der Waals surface area (Å²) in [7, 11) is 0. The van der Waals surface area contributed by atoms with Crippen LogP contribution in [-0.4, -0.2) is 5.11 Å². The average molecular weight is 198 g/mol. The maximum atomic E-state index is 9.04. The molecule has 0 fully saturated rings. The number of nitrogens with two attached hydrogens (primary N) is 1. The van der Waals surface area contributed by atoms with Crippen molar-refractivity contribution in [2.24, 2.45) is 5.73 Å². The molecule has 70 valence electrons. The summed E-state index contributed by atoms with van der Waals surface area (Å²) in [4.78, 5) is 0. The van der Waals surface area contributed by atoms with E-state index in [0.717, 1.165) is 11.1 Å². The normalized spacial score (nSPS) is 12.5. The Morgan fingerprint density at radius 2 is 2.31 bits per heavy atom. The van der Waals surface area contributed by atoms with Crippen LogP contribution in [0.15, 0.2) is 30.9 Å². The van der Waals surface area contributed by atoms with Crippen LogP contribution in [0, 0.1) is 0 Å². The molecule has 0 amide bonds. The molecule has 0 saturated heterocycles. The monoisotopic (exact) mass is 197 g/mol. The molecule has 0 aliphatic rings. The van der Waals surface area contributed by atoms with Gasteiger partial charge in [0.2, 0.25) is 0 Å². The number of aliphatic hydroxyl groups is 1. The van der Waals surface area contributed by atoms with Gasteiger partial charge in [-0.25, -0.2) is 0 Å². The lowest BCUT2D eigenvalue weighted by molar-refractivity contribution is 0.280. The van der Waals surface area contributed by atoms with E-state index in [2.05, 4.69) is 6.58 Å². The van der Waals surface area contributed by atoms with E-state index >= 15 is 0 Å². The van der Waals surface area contributed by atoms with Crippen molar-refractivity contribution < 1.29 is 5.11 Å². The molecule has 1 rings (SSSR count). The van der Waals surface area contributed by atoms with E-state index in [4.69, 9.17) is 22.4 Å². The van der Waals surface area contributed by atoms with Crippen LogP contribution in [0.2, 0.25) is 5.02 Å². The quantitative estimate of drug-likeness (QED) is 0.729. The molecule has 1 aromatic rings. The third-order valence-corrected chi connectivity index (χ3v) is 2.12. The van der Waals surface area contributed by atoms with Gasteiger partial charge in [-0.05, 0) is 23.3 Å². The van der Waals surface area contributed by atoms with E-state index in [1.807, 2.05) is 0 Å². The maximum absolute atomic E-state index is 9.04.